The second-order valence-electron chi connectivity index (χ2n) is 3.87. The van der Waals surface area contributed by atoms with E-state index in [4.69, 9.17) is 6.42 Å². The van der Waals surface area contributed by atoms with Crippen LogP contribution in [0.15, 0.2) is 12.1 Å². The van der Waals surface area contributed by atoms with Crippen LogP contribution in [0.2, 0.25) is 0 Å². The summed E-state index contributed by atoms with van der Waals surface area (Å²) in [5, 5.41) is 0. The Labute approximate surface area is 87.4 Å². The van der Waals surface area contributed by atoms with Crippen molar-refractivity contribution in [3.8, 4) is 12.3 Å². The third-order valence-electron chi connectivity index (χ3n) is 2.96. The molecule has 0 fully saturated rings. The average Bonchev–Trinajstić information content (AvgIpc) is 2.19. The molecule has 0 nitrogen and oxygen atoms in total. The lowest BCUT2D eigenvalue weighted by atomic mass is 9.87. The van der Waals surface area contributed by atoms with Crippen molar-refractivity contribution in [2.45, 2.75) is 40.0 Å². The fourth-order valence-corrected chi connectivity index (χ4v) is 1.91. The Hall–Kier alpha value is -1.22. The van der Waals surface area contributed by atoms with Gasteiger partial charge < -0.3 is 0 Å². The van der Waals surface area contributed by atoms with Crippen molar-refractivity contribution in [2.75, 3.05) is 0 Å². The van der Waals surface area contributed by atoms with Gasteiger partial charge in [0.15, 0.2) is 0 Å². The summed E-state index contributed by atoms with van der Waals surface area (Å²) in [6, 6.07) is 4.33. The number of benzene rings is 1. The molecular formula is C14H18. The minimum absolute atomic E-state index is 0.273. The lowest BCUT2D eigenvalue weighted by Gasteiger charge is -2.16. The van der Waals surface area contributed by atoms with Gasteiger partial charge in [0.25, 0.3) is 0 Å². The molecule has 74 valence electrons. The number of hydrogen-bond donors (Lipinski definition) is 0. The summed E-state index contributed by atoms with van der Waals surface area (Å²) in [4.78, 5) is 0. The van der Waals surface area contributed by atoms with Crippen molar-refractivity contribution in [1.82, 2.24) is 0 Å². The minimum Gasteiger partial charge on any atom is -0.119 e. The van der Waals surface area contributed by atoms with E-state index < -0.39 is 0 Å². The van der Waals surface area contributed by atoms with E-state index >= 15 is 0 Å². The van der Waals surface area contributed by atoms with Crippen LogP contribution in [-0.2, 0) is 0 Å². The first-order valence-corrected chi connectivity index (χ1v) is 5.14. The van der Waals surface area contributed by atoms with Gasteiger partial charge in [0.2, 0.25) is 0 Å². The molecule has 0 radical (unpaired) electrons. The van der Waals surface area contributed by atoms with E-state index in [-0.39, 0.29) is 5.92 Å². The molecule has 0 amide bonds. The first-order chi connectivity index (χ1) is 6.61. The highest BCUT2D eigenvalue weighted by atomic mass is 14.2. The molecule has 0 aliphatic carbocycles. The molecule has 0 N–H and O–H groups in total. The van der Waals surface area contributed by atoms with Crippen LogP contribution in [0.3, 0.4) is 0 Å². The van der Waals surface area contributed by atoms with Crippen LogP contribution in [0.4, 0.5) is 0 Å². The number of rotatable bonds is 2. The smallest absolute Gasteiger partial charge is 0.0452 e. The Balaban J connectivity index is 3.32. The second kappa shape index (κ2) is 4.33. The molecule has 0 spiro atoms. The van der Waals surface area contributed by atoms with E-state index in [1.807, 2.05) is 0 Å². The van der Waals surface area contributed by atoms with E-state index in [9.17, 15) is 0 Å². The molecule has 0 bridgehead atoms. The van der Waals surface area contributed by atoms with Crippen molar-refractivity contribution in [3.05, 3.63) is 34.4 Å². The van der Waals surface area contributed by atoms with Crippen molar-refractivity contribution in [2.24, 2.45) is 0 Å². The zero-order chi connectivity index (χ0) is 10.7. The molecule has 1 atom stereocenters. The standard InChI is InChI=1S/C14H18/c1-6-13(7-2)14-11(4)9-8-10(3)12(14)5/h1,8-9,13H,7H2,2-5H3. The van der Waals surface area contributed by atoms with Crippen molar-refractivity contribution < 1.29 is 0 Å². The molecular weight excluding hydrogens is 168 g/mol. The van der Waals surface area contributed by atoms with Crippen LogP contribution in [0.1, 0.15) is 41.5 Å². The Kier molecular flexibility index (Phi) is 3.36. The molecule has 1 aromatic carbocycles. The number of aryl methyl sites for hydroxylation is 2. The summed E-state index contributed by atoms with van der Waals surface area (Å²) < 4.78 is 0. The van der Waals surface area contributed by atoms with E-state index in [2.05, 4.69) is 45.7 Å². The monoisotopic (exact) mass is 186 g/mol. The molecule has 1 unspecified atom stereocenters. The maximum Gasteiger partial charge on any atom is 0.0452 e. The van der Waals surface area contributed by atoms with Crippen molar-refractivity contribution in [3.63, 3.8) is 0 Å². The highest BCUT2D eigenvalue weighted by Gasteiger charge is 2.12. The molecule has 0 heteroatoms. The molecule has 14 heavy (non-hydrogen) atoms. The number of terminal acetylenes is 1. The van der Waals surface area contributed by atoms with Crippen LogP contribution in [0, 0.1) is 33.1 Å². The third kappa shape index (κ3) is 1.82. The molecule has 1 aromatic rings. The van der Waals surface area contributed by atoms with E-state index in [0.717, 1.165) is 6.42 Å². The van der Waals surface area contributed by atoms with Gasteiger partial charge in [-0.1, -0.05) is 25.0 Å². The topological polar surface area (TPSA) is 0 Å². The van der Waals surface area contributed by atoms with Gasteiger partial charge in [-0.2, -0.15) is 0 Å². The summed E-state index contributed by atoms with van der Waals surface area (Å²) in [6.45, 7) is 8.59. The Bertz CT molecular complexity index is 366. The molecule has 0 aliphatic rings. The van der Waals surface area contributed by atoms with Gasteiger partial charge in [-0.05, 0) is 49.4 Å². The summed E-state index contributed by atoms with van der Waals surface area (Å²) in [6.07, 6.45) is 6.57. The van der Waals surface area contributed by atoms with E-state index in [0.29, 0.717) is 0 Å². The van der Waals surface area contributed by atoms with Crippen LogP contribution < -0.4 is 0 Å². The molecule has 0 aromatic heterocycles. The van der Waals surface area contributed by atoms with Gasteiger partial charge in [0.1, 0.15) is 0 Å². The SMILES string of the molecule is C#CC(CC)c1c(C)ccc(C)c1C. The highest BCUT2D eigenvalue weighted by Crippen LogP contribution is 2.27. The maximum absolute atomic E-state index is 5.55. The molecule has 0 heterocycles. The quantitative estimate of drug-likeness (QED) is 0.617. The maximum atomic E-state index is 5.55. The summed E-state index contributed by atoms with van der Waals surface area (Å²) >= 11 is 0. The molecule has 1 rings (SSSR count). The van der Waals surface area contributed by atoms with E-state index in [1.165, 1.54) is 22.3 Å². The Morgan fingerprint density at radius 2 is 1.79 bits per heavy atom. The molecule has 0 aliphatic heterocycles. The van der Waals surface area contributed by atoms with Crippen LogP contribution >= 0.6 is 0 Å². The van der Waals surface area contributed by atoms with Gasteiger partial charge >= 0.3 is 0 Å². The summed E-state index contributed by atoms with van der Waals surface area (Å²) in [5.74, 6) is 3.15. The number of hydrogen-bond acceptors (Lipinski definition) is 0. The zero-order valence-corrected chi connectivity index (χ0v) is 9.52. The lowest BCUT2D eigenvalue weighted by molar-refractivity contribution is 0.814. The lowest BCUT2D eigenvalue weighted by Crippen LogP contribution is -2.01. The fourth-order valence-electron chi connectivity index (χ4n) is 1.91. The highest BCUT2D eigenvalue weighted by molar-refractivity contribution is 5.44. The largest absolute Gasteiger partial charge is 0.119 e. The third-order valence-corrected chi connectivity index (χ3v) is 2.96. The minimum atomic E-state index is 0.273. The average molecular weight is 186 g/mol. The van der Waals surface area contributed by atoms with Gasteiger partial charge in [-0.15, -0.1) is 6.42 Å². The van der Waals surface area contributed by atoms with Gasteiger partial charge in [-0.25, -0.2) is 0 Å². The van der Waals surface area contributed by atoms with Crippen molar-refractivity contribution in [1.29, 1.82) is 0 Å². The van der Waals surface area contributed by atoms with Gasteiger partial charge in [0.05, 0.1) is 0 Å². The predicted octanol–water partition coefficient (Wildman–Crippen LogP) is 3.74. The van der Waals surface area contributed by atoms with Crippen LogP contribution in [0.5, 0.6) is 0 Å². The van der Waals surface area contributed by atoms with Gasteiger partial charge in [-0.3, -0.25) is 0 Å². The van der Waals surface area contributed by atoms with Crippen molar-refractivity contribution >= 4 is 0 Å². The summed E-state index contributed by atoms with van der Waals surface area (Å²) in [7, 11) is 0. The molecule has 0 saturated carbocycles. The second-order valence-corrected chi connectivity index (χ2v) is 3.87. The fraction of sp³-hybridized carbons (Fsp3) is 0.429. The normalized spacial score (nSPS) is 12.2. The van der Waals surface area contributed by atoms with Gasteiger partial charge in [0, 0.05) is 5.92 Å². The molecule has 0 saturated heterocycles. The first kappa shape index (κ1) is 10.9. The van der Waals surface area contributed by atoms with Crippen LogP contribution in [-0.4, -0.2) is 0 Å². The summed E-state index contributed by atoms with van der Waals surface area (Å²) in [5.41, 5.74) is 5.36. The Morgan fingerprint density at radius 1 is 1.21 bits per heavy atom. The predicted molar refractivity (Wildman–Crippen MR) is 62.5 cm³/mol. The zero-order valence-electron chi connectivity index (χ0n) is 9.52. The Morgan fingerprint density at radius 3 is 2.29 bits per heavy atom. The van der Waals surface area contributed by atoms with E-state index in [1.54, 1.807) is 0 Å². The first-order valence-electron chi connectivity index (χ1n) is 5.14. The van der Waals surface area contributed by atoms with Crippen LogP contribution in [0.25, 0.3) is 0 Å².